The summed E-state index contributed by atoms with van der Waals surface area (Å²) in [5.74, 6) is 0.704. The van der Waals surface area contributed by atoms with Gasteiger partial charge in [-0.15, -0.1) is 0 Å². The summed E-state index contributed by atoms with van der Waals surface area (Å²) in [6.07, 6.45) is 2.01. The van der Waals surface area contributed by atoms with Crippen molar-refractivity contribution in [3.63, 3.8) is 0 Å². The van der Waals surface area contributed by atoms with Crippen molar-refractivity contribution in [2.75, 3.05) is 6.61 Å². The summed E-state index contributed by atoms with van der Waals surface area (Å²) in [5, 5.41) is 7.59. The quantitative estimate of drug-likeness (QED) is 0.910. The van der Waals surface area contributed by atoms with Crippen LogP contribution in [0.4, 0.5) is 0 Å². The van der Waals surface area contributed by atoms with E-state index in [0.717, 1.165) is 35.4 Å². The lowest BCUT2D eigenvalue weighted by atomic mass is 10.1. The lowest BCUT2D eigenvalue weighted by Gasteiger charge is -2.15. The second-order valence-corrected chi connectivity index (χ2v) is 6.46. The van der Waals surface area contributed by atoms with E-state index in [1.165, 1.54) is 0 Å². The highest BCUT2D eigenvalue weighted by atomic mass is 16.5. The predicted octanol–water partition coefficient (Wildman–Crippen LogP) is 3.72. The Hall–Kier alpha value is -2.30. The van der Waals surface area contributed by atoms with Gasteiger partial charge in [0.1, 0.15) is 18.1 Å². The fourth-order valence-electron chi connectivity index (χ4n) is 3.29. The van der Waals surface area contributed by atoms with E-state index in [1.807, 2.05) is 36.7 Å². The van der Waals surface area contributed by atoms with Gasteiger partial charge in [-0.2, -0.15) is 5.10 Å². The topological polar surface area (TPSA) is 56.2 Å². The Balaban J connectivity index is 1.78. The van der Waals surface area contributed by atoms with E-state index in [-0.39, 0.29) is 11.9 Å². The van der Waals surface area contributed by atoms with E-state index in [0.29, 0.717) is 18.3 Å². The molecule has 2 aromatic rings. The van der Waals surface area contributed by atoms with E-state index in [1.54, 1.807) is 0 Å². The molecule has 0 radical (unpaired) electrons. The molecule has 3 rings (SSSR count). The van der Waals surface area contributed by atoms with Crippen LogP contribution in [0.2, 0.25) is 0 Å². The van der Waals surface area contributed by atoms with Gasteiger partial charge in [-0.1, -0.05) is 31.5 Å². The van der Waals surface area contributed by atoms with Gasteiger partial charge in [0.15, 0.2) is 0 Å². The van der Waals surface area contributed by atoms with Gasteiger partial charge < -0.3 is 10.1 Å². The number of carbonyl (C=O) groups is 1. The van der Waals surface area contributed by atoms with Crippen LogP contribution in [0.3, 0.4) is 0 Å². The third kappa shape index (κ3) is 3.03. The lowest BCUT2D eigenvalue weighted by Crippen LogP contribution is -2.30. The van der Waals surface area contributed by atoms with Gasteiger partial charge in [-0.05, 0) is 38.8 Å². The van der Waals surface area contributed by atoms with Crippen LogP contribution in [0, 0.1) is 13.8 Å². The maximum Gasteiger partial charge on any atom is 0.272 e. The van der Waals surface area contributed by atoms with Gasteiger partial charge in [0.05, 0.1) is 12.1 Å². The largest absolute Gasteiger partial charge is 0.491 e. The van der Waals surface area contributed by atoms with Crippen LogP contribution in [0.1, 0.15) is 66.1 Å². The molecule has 0 saturated heterocycles. The van der Waals surface area contributed by atoms with Gasteiger partial charge in [0.2, 0.25) is 0 Å². The van der Waals surface area contributed by atoms with E-state index in [2.05, 4.69) is 30.3 Å². The molecule has 0 saturated carbocycles. The molecule has 2 heterocycles. The maximum atomic E-state index is 12.6. The van der Waals surface area contributed by atoms with Gasteiger partial charge >= 0.3 is 0 Å². The van der Waals surface area contributed by atoms with E-state index < -0.39 is 0 Å². The Morgan fingerprint density at radius 1 is 1.33 bits per heavy atom. The summed E-state index contributed by atoms with van der Waals surface area (Å²) in [7, 11) is 0. The van der Waals surface area contributed by atoms with E-state index >= 15 is 0 Å². The number of nitrogens with zero attached hydrogens (tertiary/aromatic N) is 2. The number of amides is 1. The van der Waals surface area contributed by atoms with Gasteiger partial charge in [-0.25, -0.2) is 0 Å². The number of benzene rings is 1. The standard InChI is InChI=1S/C19H25N3O2/c1-5-14(6-2)22-13(4)10-16(21-22)19(23)20-17-11-24-18-8-7-12(3)9-15(17)18/h7-10,14,17H,5-6,11H2,1-4H3,(H,20,23). The second-order valence-electron chi connectivity index (χ2n) is 6.46. The first-order chi connectivity index (χ1) is 11.5. The number of aryl methyl sites for hydroxylation is 2. The van der Waals surface area contributed by atoms with Crippen LogP contribution in [0.5, 0.6) is 5.75 Å². The summed E-state index contributed by atoms with van der Waals surface area (Å²) in [5.41, 5.74) is 3.69. The molecule has 5 heteroatoms. The minimum absolute atomic E-state index is 0.119. The molecule has 1 aliphatic heterocycles. The third-order valence-electron chi connectivity index (χ3n) is 4.69. The summed E-state index contributed by atoms with van der Waals surface area (Å²) in [6, 6.07) is 8.13. The van der Waals surface area contributed by atoms with Crippen molar-refractivity contribution in [3.05, 3.63) is 46.8 Å². The van der Waals surface area contributed by atoms with Crippen molar-refractivity contribution in [2.24, 2.45) is 0 Å². The molecule has 5 nitrogen and oxygen atoms in total. The van der Waals surface area contributed by atoms with Crippen molar-refractivity contribution in [1.29, 1.82) is 0 Å². The van der Waals surface area contributed by atoms with Gasteiger partial charge in [-0.3, -0.25) is 9.48 Å². The van der Waals surface area contributed by atoms with Gasteiger partial charge in [0.25, 0.3) is 5.91 Å². The average Bonchev–Trinajstić information content (AvgIpc) is 3.13. The van der Waals surface area contributed by atoms with Crippen LogP contribution in [-0.2, 0) is 0 Å². The van der Waals surface area contributed by atoms with Crippen molar-refractivity contribution < 1.29 is 9.53 Å². The summed E-state index contributed by atoms with van der Waals surface area (Å²) in [4.78, 5) is 12.6. The average molecular weight is 327 g/mol. The molecule has 128 valence electrons. The number of hydrogen-bond donors (Lipinski definition) is 1. The smallest absolute Gasteiger partial charge is 0.272 e. The van der Waals surface area contributed by atoms with Crippen LogP contribution in [0.25, 0.3) is 0 Å². The Labute approximate surface area is 143 Å². The third-order valence-corrected chi connectivity index (χ3v) is 4.69. The highest BCUT2D eigenvalue weighted by molar-refractivity contribution is 5.92. The SMILES string of the molecule is CCC(CC)n1nc(C(=O)NC2COc3ccc(C)cc32)cc1C. The fraction of sp³-hybridized carbons (Fsp3) is 0.474. The number of hydrogen-bond acceptors (Lipinski definition) is 3. The monoisotopic (exact) mass is 327 g/mol. The molecule has 0 bridgehead atoms. The number of nitrogens with one attached hydrogen (secondary N) is 1. The molecule has 1 amide bonds. The molecule has 1 atom stereocenters. The van der Waals surface area contributed by atoms with Crippen molar-refractivity contribution in [2.45, 2.75) is 52.6 Å². The zero-order chi connectivity index (χ0) is 17.3. The van der Waals surface area contributed by atoms with Crippen molar-refractivity contribution in [1.82, 2.24) is 15.1 Å². The van der Waals surface area contributed by atoms with Crippen LogP contribution in [-0.4, -0.2) is 22.3 Å². The molecule has 1 aromatic heterocycles. The molecular weight excluding hydrogens is 302 g/mol. The van der Waals surface area contributed by atoms with Gasteiger partial charge in [0, 0.05) is 11.3 Å². The van der Waals surface area contributed by atoms with E-state index in [9.17, 15) is 4.79 Å². The zero-order valence-electron chi connectivity index (χ0n) is 14.8. The Bertz CT molecular complexity index is 747. The van der Waals surface area contributed by atoms with Crippen LogP contribution < -0.4 is 10.1 Å². The normalized spacial score (nSPS) is 16.1. The zero-order valence-corrected chi connectivity index (χ0v) is 14.8. The Kier molecular flexibility index (Phi) is 4.60. The number of ether oxygens (including phenoxy) is 1. The highest BCUT2D eigenvalue weighted by Crippen LogP contribution is 2.33. The number of rotatable bonds is 5. The molecule has 0 fully saturated rings. The molecule has 1 N–H and O–H groups in total. The van der Waals surface area contributed by atoms with Crippen LogP contribution >= 0.6 is 0 Å². The molecular formula is C19H25N3O2. The number of carbonyl (C=O) groups excluding carboxylic acids is 1. The van der Waals surface area contributed by atoms with Crippen LogP contribution in [0.15, 0.2) is 24.3 Å². The number of aromatic nitrogens is 2. The maximum absolute atomic E-state index is 12.6. The summed E-state index contributed by atoms with van der Waals surface area (Å²) >= 11 is 0. The molecule has 24 heavy (non-hydrogen) atoms. The van der Waals surface area contributed by atoms with Crippen molar-refractivity contribution in [3.8, 4) is 5.75 Å². The molecule has 0 aliphatic carbocycles. The lowest BCUT2D eigenvalue weighted by molar-refractivity contribution is 0.0924. The summed E-state index contributed by atoms with van der Waals surface area (Å²) in [6.45, 7) is 8.79. The molecule has 1 aromatic carbocycles. The molecule has 1 unspecified atom stereocenters. The number of fused-ring (bicyclic) bond motifs is 1. The first kappa shape index (κ1) is 16.6. The Morgan fingerprint density at radius 3 is 2.79 bits per heavy atom. The molecule has 0 spiro atoms. The molecule has 1 aliphatic rings. The summed E-state index contributed by atoms with van der Waals surface area (Å²) < 4.78 is 7.63. The highest BCUT2D eigenvalue weighted by Gasteiger charge is 2.27. The minimum atomic E-state index is -0.147. The fourth-order valence-corrected chi connectivity index (χ4v) is 3.29. The minimum Gasteiger partial charge on any atom is -0.491 e. The Morgan fingerprint density at radius 2 is 2.08 bits per heavy atom. The van der Waals surface area contributed by atoms with Crippen molar-refractivity contribution >= 4 is 5.91 Å². The van der Waals surface area contributed by atoms with E-state index in [4.69, 9.17) is 4.74 Å². The first-order valence-electron chi connectivity index (χ1n) is 8.63. The first-order valence-corrected chi connectivity index (χ1v) is 8.63. The second kappa shape index (κ2) is 6.67. The predicted molar refractivity (Wildman–Crippen MR) is 93.5 cm³/mol.